The number of ketones is 1. The quantitative estimate of drug-likeness (QED) is 0.514. The van der Waals surface area contributed by atoms with E-state index in [-0.39, 0.29) is 29.5 Å². The molecule has 1 N–H and O–H groups in total. The van der Waals surface area contributed by atoms with Crippen LogP contribution in [-0.4, -0.2) is 25.1 Å². The molecule has 156 valence electrons. The summed E-state index contributed by atoms with van der Waals surface area (Å²) in [5.41, 5.74) is 1.96. The van der Waals surface area contributed by atoms with E-state index in [4.69, 9.17) is 18.9 Å². The molecule has 0 heterocycles. The minimum absolute atomic E-state index is 0.125. The highest BCUT2D eigenvalue weighted by Crippen LogP contribution is 2.35. The lowest BCUT2D eigenvalue weighted by atomic mass is 10.1. The van der Waals surface area contributed by atoms with E-state index in [1.165, 1.54) is 13.0 Å². The first-order valence-corrected chi connectivity index (χ1v) is 9.39. The second-order valence-electron chi connectivity index (χ2n) is 6.65. The first kappa shape index (κ1) is 21.0. The van der Waals surface area contributed by atoms with Crippen molar-refractivity contribution < 1.29 is 28.8 Å². The van der Waals surface area contributed by atoms with Crippen molar-refractivity contribution in [2.75, 3.05) is 14.2 Å². The van der Waals surface area contributed by atoms with E-state index in [1.54, 1.807) is 20.3 Å². The summed E-state index contributed by atoms with van der Waals surface area (Å²) in [6, 6.07) is 17.9. The average Bonchev–Trinajstić information content (AvgIpc) is 2.76. The molecule has 0 spiro atoms. The number of hydrogen-bond donors (Lipinski definition) is 1. The van der Waals surface area contributed by atoms with Crippen LogP contribution in [0.5, 0.6) is 28.7 Å². The molecule has 0 aliphatic rings. The third kappa shape index (κ3) is 5.23. The number of methoxy groups -OCH3 is 2. The maximum absolute atomic E-state index is 12.0. The van der Waals surface area contributed by atoms with Gasteiger partial charge in [0.2, 0.25) is 0 Å². The molecule has 6 heteroatoms. The van der Waals surface area contributed by atoms with Crippen LogP contribution in [0.1, 0.15) is 28.4 Å². The van der Waals surface area contributed by atoms with Crippen LogP contribution in [0, 0.1) is 0 Å². The summed E-state index contributed by atoms with van der Waals surface area (Å²) in [4.78, 5) is 12.0. The third-order valence-electron chi connectivity index (χ3n) is 4.52. The van der Waals surface area contributed by atoms with Gasteiger partial charge < -0.3 is 24.1 Å². The summed E-state index contributed by atoms with van der Waals surface area (Å²) >= 11 is 0. The summed E-state index contributed by atoms with van der Waals surface area (Å²) in [7, 11) is 3.21. The smallest absolute Gasteiger partial charge is 0.167 e. The Kier molecular flexibility index (Phi) is 6.80. The number of ether oxygens (including phenoxy) is 4. The number of carbonyl (C=O) groups excluding carboxylic acids is 1. The summed E-state index contributed by atoms with van der Waals surface area (Å²) in [6.07, 6.45) is 0. The van der Waals surface area contributed by atoms with Crippen LogP contribution >= 0.6 is 0 Å². The Labute approximate surface area is 175 Å². The Morgan fingerprint density at radius 3 is 1.73 bits per heavy atom. The van der Waals surface area contributed by atoms with Gasteiger partial charge in [-0.3, -0.25) is 4.79 Å². The van der Waals surface area contributed by atoms with Crippen LogP contribution < -0.4 is 18.9 Å². The number of carbonyl (C=O) groups is 1. The zero-order valence-electron chi connectivity index (χ0n) is 17.2. The lowest BCUT2D eigenvalue weighted by Crippen LogP contribution is -2.04. The van der Waals surface area contributed by atoms with E-state index >= 15 is 0 Å². The van der Waals surface area contributed by atoms with Crippen LogP contribution in [0.15, 0.2) is 60.7 Å². The van der Waals surface area contributed by atoms with Crippen molar-refractivity contribution >= 4 is 5.78 Å². The molecule has 0 saturated heterocycles. The lowest BCUT2D eigenvalue weighted by Gasteiger charge is -2.15. The van der Waals surface area contributed by atoms with Crippen molar-refractivity contribution in [1.82, 2.24) is 0 Å². The Bertz CT molecular complexity index is 993. The highest BCUT2D eigenvalue weighted by atomic mass is 16.5. The van der Waals surface area contributed by atoms with Crippen LogP contribution in [0.4, 0.5) is 0 Å². The SMILES string of the molecule is COc1ccc(COc2cc(O)c(C(C)=O)c(OCc3ccc(OC)cc3)c2)cc1. The molecule has 6 nitrogen and oxygen atoms in total. The third-order valence-corrected chi connectivity index (χ3v) is 4.52. The second-order valence-corrected chi connectivity index (χ2v) is 6.65. The predicted octanol–water partition coefficient (Wildman–Crippen LogP) is 4.77. The van der Waals surface area contributed by atoms with Crippen LogP contribution in [0.3, 0.4) is 0 Å². The van der Waals surface area contributed by atoms with Crippen molar-refractivity contribution in [3.05, 3.63) is 77.4 Å². The van der Waals surface area contributed by atoms with Gasteiger partial charge >= 0.3 is 0 Å². The lowest BCUT2D eigenvalue weighted by molar-refractivity contribution is 0.101. The molecule has 3 aromatic carbocycles. The Balaban J connectivity index is 1.76. The van der Waals surface area contributed by atoms with Gasteiger partial charge in [0, 0.05) is 12.1 Å². The van der Waals surface area contributed by atoms with Crippen LogP contribution in [0.25, 0.3) is 0 Å². The number of benzene rings is 3. The van der Waals surface area contributed by atoms with E-state index in [2.05, 4.69) is 0 Å². The van der Waals surface area contributed by atoms with Crippen LogP contribution in [-0.2, 0) is 13.2 Å². The fourth-order valence-electron chi connectivity index (χ4n) is 2.90. The molecule has 0 aliphatic heterocycles. The van der Waals surface area contributed by atoms with Crippen LogP contribution in [0.2, 0.25) is 0 Å². The molecule has 0 radical (unpaired) electrons. The molecule has 3 aromatic rings. The van der Waals surface area contributed by atoms with Gasteiger partial charge in [0.25, 0.3) is 0 Å². The van der Waals surface area contributed by atoms with Gasteiger partial charge in [-0.2, -0.15) is 0 Å². The Hall–Kier alpha value is -3.67. The zero-order chi connectivity index (χ0) is 21.5. The van der Waals surface area contributed by atoms with Crippen molar-refractivity contribution in [1.29, 1.82) is 0 Å². The zero-order valence-corrected chi connectivity index (χ0v) is 17.2. The number of rotatable bonds is 9. The fourth-order valence-corrected chi connectivity index (χ4v) is 2.90. The van der Waals surface area contributed by atoms with Crippen molar-refractivity contribution in [2.45, 2.75) is 20.1 Å². The van der Waals surface area contributed by atoms with Gasteiger partial charge in [0.15, 0.2) is 5.78 Å². The monoisotopic (exact) mass is 408 g/mol. The van der Waals surface area contributed by atoms with Gasteiger partial charge in [-0.15, -0.1) is 0 Å². The summed E-state index contributed by atoms with van der Waals surface area (Å²) in [6.45, 7) is 1.90. The number of hydrogen-bond acceptors (Lipinski definition) is 6. The number of phenols is 1. The fraction of sp³-hybridized carbons (Fsp3) is 0.208. The summed E-state index contributed by atoms with van der Waals surface area (Å²) in [5.74, 6) is 1.70. The molecule has 0 bridgehead atoms. The van der Waals surface area contributed by atoms with Gasteiger partial charge in [0.1, 0.15) is 47.5 Å². The van der Waals surface area contributed by atoms with Gasteiger partial charge in [-0.1, -0.05) is 24.3 Å². The largest absolute Gasteiger partial charge is 0.507 e. The molecule has 0 aromatic heterocycles. The molecule has 0 amide bonds. The minimum atomic E-state index is -0.293. The molecule has 30 heavy (non-hydrogen) atoms. The molecule has 0 unspecified atom stereocenters. The van der Waals surface area contributed by atoms with E-state index in [0.29, 0.717) is 12.4 Å². The maximum atomic E-state index is 12.0. The summed E-state index contributed by atoms with van der Waals surface area (Å²) in [5, 5.41) is 10.4. The molecular formula is C24H24O6. The molecule has 0 saturated carbocycles. The highest BCUT2D eigenvalue weighted by Gasteiger charge is 2.17. The standard InChI is InChI=1S/C24H24O6/c1-16(25)24-22(26)12-21(29-14-17-4-8-19(27-2)9-5-17)13-23(24)30-15-18-6-10-20(28-3)11-7-18/h4-13,26H,14-15H2,1-3H3. The van der Waals surface area contributed by atoms with E-state index in [1.807, 2.05) is 48.5 Å². The number of Topliss-reactive ketones (excluding diaryl/α,β-unsaturated/α-hetero) is 1. The van der Waals surface area contributed by atoms with Gasteiger partial charge in [-0.05, 0) is 42.3 Å². The maximum Gasteiger partial charge on any atom is 0.167 e. The van der Waals surface area contributed by atoms with Gasteiger partial charge in [-0.25, -0.2) is 0 Å². The Morgan fingerprint density at radius 1 is 0.767 bits per heavy atom. The summed E-state index contributed by atoms with van der Waals surface area (Å²) < 4.78 is 21.9. The Morgan fingerprint density at radius 2 is 1.27 bits per heavy atom. The molecular weight excluding hydrogens is 384 g/mol. The predicted molar refractivity (Wildman–Crippen MR) is 113 cm³/mol. The average molecular weight is 408 g/mol. The highest BCUT2D eigenvalue weighted by molar-refractivity contribution is 5.99. The number of aromatic hydroxyl groups is 1. The molecule has 0 atom stereocenters. The number of phenolic OH excluding ortho intramolecular Hbond substituents is 1. The first-order valence-electron chi connectivity index (χ1n) is 9.39. The topological polar surface area (TPSA) is 74.2 Å². The second kappa shape index (κ2) is 9.69. The van der Waals surface area contributed by atoms with Crippen molar-refractivity contribution in [2.24, 2.45) is 0 Å². The van der Waals surface area contributed by atoms with Crippen molar-refractivity contribution in [3.8, 4) is 28.7 Å². The molecule has 0 aliphatic carbocycles. The molecule has 0 fully saturated rings. The minimum Gasteiger partial charge on any atom is -0.507 e. The first-order chi connectivity index (χ1) is 14.5. The van der Waals surface area contributed by atoms with E-state index < -0.39 is 0 Å². The van der Waals surface area contributed by atoms with E-state index in [0.717, 1.165) is 22.6 Å². The normalized spacial score (nSPS) is 10.4. The van der Waals surface area contributed by atoms with Gasteiger partial charge in [0.05, 0.1) is 14.2 Å². The molecule has 3 rings (SSSR count). The van der Waals surface area contributed by atoms with Crippen molar-refractivity contribution in [3.63, 3.8) is 0 Å². The van der Waals surface area contributed by atoms with E-state index in [9.17, 15) is 9.90 Å².